The van der Waals surface area contributed by atoms with Crippen LogP contribution >= 0.6 is 0 Å². The lowest BCUT2D eigenvalue weighted by Gasteiger charge is -2.00. The minimum absolute atomic E-state index is 0.611. The van der Waals surface area contributed by atoms with Gasteiger partial charge >= 0.3 is 0 Å². The number of carbonyl (C=O) groups is 1. The van der Waals surface area contributed by atoms with E-state index in [2.05, 4.69) is 18.2 Å². The maximum absolute atomic E-state index is 10.2. The van der Waals surface area contributed by atoms with Crippen LogP contribution in [0.5, 0.6) is 0 Å². The summed E-state index contributed by atoms with van der Waals surface area (Å²) in [5, 5.41) is 0. The molecule has 0 radical (unpaired) electrons. The summed E-state index contributed by atoms with van der Waals surface area (Å²) < 4.78 is 5.30. The zero-order valence-corrected chi connectivity index (χ0v) is 7.45. The van der Waals surface area contributed by atoms with E-state index in [-0.39, 0.29) is 0 Å². The van der Waals surface area contributed by atoms with Gasteiger partial charge in [0.25, 0.3) is 0 Å². The van der Waals surface area contributed by atoms with Crippen molar-refractivity contribution in [1.29, 1.82) is 0 Å². The van der Waals surface area contributed by atoms with E-state index in [0.29, 0.717) is 6.42 Å². The fourth-order valence-corrected chi connectivity index (χ4v) is 1.61. The molecular weight excluding hydrogens is 164 g/mol. The van der Waals surface area contributed by atoms with Crippen LogP contribution in [-0.4, -0.2) is 6.29 Å². The summed E-state index contributed by atoms with van der Waals surface area (Å²) in [6.45, 7) is 1.47. The maximum atomic E-state index is 10.2. The summed E-state index contributed by atoms with van der Waals surface area (Å²) in [5.74, 6) is 0. The Bertz CT molecular complexity index is 318. The van der Waals surface area contributed by atoms with Gasteiger partial charge in [0.1, 0.15) is 6.29 Å². The molecule has 2 rings (SSSR count). The van der Waals surface area contributed by atoms with E-state index in [1.54, 1.807) is 0 Å². The summed E-state index contributed by atoms with van der Waals surface area (Å²) in [4.78, 5) is 10.2. The molecule has 0 atom stereocenters. The Morgan fingerprint density at radius 1 is 1.31 bits per heavy atom. The lowest BCUT2D eigenvalue weighted by Crippen LogP contribution is -1.89. The smallest absolute Gasteiger partial charge is 0.120 e. The van der Waals surface area contributed by atoms with Crippen molar-refractivity contribution < 1.29 is 9.53 Å². The molecule has 0 saturated carbocycles. The minimum Gasteiger partial charge on any atom is -0.372 e. The molecule has 2 heteroatoms. The Morgan fingerprint density at radius 3 is 3.00 bits per heavy atom. The molecule has 68 valence electrons. The van der Waals surface area contributed by atoms with Crippen molar-refractivity contribution in [3.05, 3.63) is 34.9 Å². The first-order chi connectivity index (χ1) is 6.40. The molecule has 1 heterocycles. The molecule has 1 aliphatic rings. The van der Waals surface area contributed by atoms with E-state index < -0.39 is 0 Å². The third kappa shape index (κ3) is 1.78. The molecule has 0 unspecified atom stereocenters. The highest BCUT2D eigenvalue weighted by Crippen LogP contribution is 2.21. The molecule has 2 nitrogen and oxygen atoms in total. The highest BCUT2D eigenvalue weighted by atomic mass is 16.5. The van der Waals surface area contributed by atoms with Gasteiger partial charge in [-0.3, -0.25) is 0 Å². The van der Waals surface area contributed by atoms with Crippen molar-refractivity contribution in [1.82, 2.24) is 0 Å². The molecule has 1 aromatic carbocycles. The Labute approximate surface area is 77.5 Å². The number of rotatable bonds is 3. The predicted molar refractivity (Wildman–Crippen MR) is 49.3 cm³/mol. The second kappa shape index (κ2) is 3.71. The normalized spacial score (nSPS) is 14.2. The number of hydrogen-bond acceptors (Lipinski definition) is 2. The maximum Gasteiger partial charge on any atom is 0.120 e. The van der Waals surface area contributed by atoms with Gasteiger partial charge in [0.05, 0.1) is 13.2 Å². The third-order valence-electron chi connectivity index (χ3n) is 2.34. The second-order valence-corrected chi connectivity index (χ2v) is 3.30. The molecule has 1 aliphatic heterocycles. The Morgan fingerprint density at radius 2 is 2.15 bits per heavy atom. The third-order valence-corrected chi connectivity index (χ3v) is 2.34. The van der Waals surface area contributed by atoms with Crippen molar-refractivity contribution in [2.75, 3.05) is 0 Å². The van der Waals surface area contributed by atoms with Gasteiger partial charge in [-0.1, -0.05) is 18.2 Å². The Hall–Kier alpha value is -1.15. The Kier molecular flexibility index (Phi) is 2.41. The average molecular weight is 176 g/mol. The quantitative estimate of drug-likeness (QED) is 0.657. The SMILES string of the molecule is O=CCCc1ccc2c(c1)COC2. The van der Waals surface area contributed by atoms with Crippen LogP contribution in [0.1, 0.15) is 23.1 Å². The van der Waals surface area contributed by atoms with E-state index in [1.165, 1.54) is 16.7 Å². The summed E-state index contributed by atoms with van der Waals surface area (Å²) >= 11 is 0. The average Bonchev–Trinajstić information content (AvgIpc) is 2.61. The number of aryl methyl sites for hydroxylation is 1. The molecule has 0 saturated heterocycles. The molecule has 13 heavy (non-hydrogen) atoms. The zero-order valence-electron chi connectivity index (χ0n) is 7.45. The molecule has 0 bridgehead atoms. The van der Waals surface area contributed by atoms with Gasteiger partial charge in [-0.15, -0.1) is 0 Å². The highest BCUT2D eigenvalue weighted by Gasteiger charge is 2.10. The van der Waals surface area contributed by atoms with Gasteiger partial charge in [-0.05, 0) is 23.1 Å². The first-order valence-electron chi connectivity index (χ1n) is 4.52. The molecule has 0 fully saturated rings. The first kappa shape index (κ1) is 8.45. The van der Waals surface area contributed by atoms with Crippen molar-refractivity contribution in [2.45, 2.75) is 26.1 Å². The fourth-order valence-electron chi connectivity index (χ4n) is 1.61. The fraction of sp³-hybridized carbons (Fsp3) is 0.364. The molecule has 0 aliphatic carbocycles. The van der Waals surface area contributed by atoms with Crippen LogP contribution in [0.15, 0.2) is 18.2 Å². The van der Waals surface area contributed by atoms with E-state index in [4.69, 9.17) is 4.74 Å². The van der Waals surface area contributed by atoms with Crippen LogP contribution in [0.2, 0.25) is 0 Å². The molecular formula is C11H12O2. The minimum atomic E-state index is 0.611. The predicted octanol–water partition coefficient (Wildman–Crippen LogP) is 1.85. The van der Waals surface area contributed by atoms with Crippen LogP contribution in [0.3, 0.4) is 0 Å². The van der Waals surface area contributed by atoms with Gasteiger partial charge in [0, 0.05) is 6.42 Å². The zero-order chi connectivity index (χ0) is 9.10. The van der Waals surface area contributed by atoms with E-state index >= 15 is 0 Å². The summed E-state index contributed by atoms with van der Waals surface area (Å²) in [7, 11) is 0. The number of fused-ring (bicyclic) bond motifs is 1. The topological polar surface area (TPSA) is 26.3 Å². The number of hydrogen-bond donors (Lipinski definition) is 0. The van der Waals surface area contributed by atoms with Crippen LogP contribution in [0.25, 0.3) is 0 Å². The molecule has 0 amide bonds. The summed E-state index contributed by atoms with van der Waals surface area (Å²) in [6, 6.07) is 6.32. The van der Waals surface area contributed by atoms with Crippen molar-refractivity contribution in [2.24, 2.45) is 0 Å². The number of carbonyl (C=O) groups excluding carboxylic acids is 1. The van der Waals surface area contributed by atoms with Crippen LogP contribution in [-0.2, 0) is 29.2 Å². The van der Waals surface area contributed by atoms with E-state index in [1.807, 2.05) is 0 Å². The highest BCUT2D eigenvalue weighted by molar-refractivity contribution is 5.50. The standard InChI is InChI=1S/C11H12O2/c12-5-1-2-9-3-4-10-7-13-8-11(10)6-9/h3-6H,1-2,7-8H2. The number of benzene rings is 1. The van der Waals surface area contributed by atoms with Gasteiger partial charge in [-0.2, -0.15) is 0 Å². The summed E-state index contributed by atoms with van der Waals surface area (Å²) in [5.41, 5.74) is 3.80. The van der Waals surface area contributed by atoms with Crippen LogP contribution in [0, 0.1) is 0 Å². The number of aldehydes is 1. The van der Waals surface area contributed by atoms with Crippen LogP contribution < -0.4 is 0 Å². The van der Waals surface area contributed by atoms with E-state index in [9.17, 15) is 4.79 Å². The van der Waals surface area contributed by atoms with Crippen LogP contribution in [0.4, 0.5) is 0 Å². The van der Waals surface area contributed by atoms with Crippen molar-refractivity contribution in [3.8, 4) is 0 Å². The summed E-state index contributed by atoms with van der Waals surface area (Å²) in [6.07, 6.45) is 2.42. The van der Waals surface area contributed by atoms with Gasteiger partial charge in [0.15, 0.2) is 0 Å². The molecule has 1 aromatic rings. The van der Waals surface area contributed by atoms with Crippen molar-refractivity contribution >= 4 is 6.29 Å². The number of ether oxygens (including phenoxy) is 1. The Balaban J connectivity index is 2.16. The van der Waals surface area contributed by atoms with Gasteiger partial charge < -0.3 is 9.53 Å². The lowest BCUT2D eigenvalue weighted by molar-refractivity contribution is -0.107. The molecule has 0 aromatic heterocycles. The van der Waals surface area contributed by atoms with Gasteiger partial charge in [0.2, 0.25) is 0 Å². The first-order valence-corrected chi connectivity index (χ1v) is 4.52. The monoisotopic (exact) mass is 176 g/mol. The lowest BCUT2D eigenvalue weighted by atomic mass is 10.0. The van der Waals surface area contributed by atoms with E-state index in [0.717, 1.165) is 25.9 Å². The molecule has 0 spiro atoms. The largest absolute Gasteiger partial charge is 0.372 e. The van der Waals surface area contributed by atoms with Gasteiger partial charge in [-0.25, -0.2) is 0 Å². The second-order valence-electron chi connectivity index (χ2n) is 3.30. The van der Waals surface area contributed by atoms with Crippen molar-refractivity contribution in [3.63, 3.8) is 0 Å². The molecule has 0 N–H and O–H groups in total.